The highest BCUT2D eigenvalue weighted by molar-refractivity contribution is 7.99. The van der Waals surface area contributed by atoms with Crippen molar-refractivity contribution in [1.29, 1.82) is 0 Å². The van der Waals surface area contributed by atoms with Crippen LogP contribution in [0.4, 0.5) is 4.79 Å². The first kappa shape index (κ1) is 16.4. The highest BCUT2D eigenvalue weighted by atomic mass is 32.2. The van der Waals surface area contributed by atoms with E-state index in [0.29, 0.717) is 6.04 Å². The largest absolute Gasteiger partial charge is 0.374 e. The van der Waals surface area contributed by atoms with E-state index in [1.165, 1.54) is 37.9 Å². The van der Waals surface area contributed by atoms with Gasteiger partial charge in [-0.2, -0.15) is 11.8 Å². The maximum atomic E-state index is 12.3. The molecular formula is C17H30N2O2S. The van der Waals surface area contributed by atoms with Gasteiger partial charge in [0.15, 0.2) is 0 Å². The maximum Gasteiger partial charge on any atom is 0.315 e. The predicted octanol–water partition coefficient (Wildman–Crippen LogP) is 3.45. The summed E-state index contributed by atoms with van der Waals surface area (Å²) in [5, 5.41) is 6.43. The molecule has 0 radical (unpaired) electrons. The van der Waals surface area contributed by atoms with Gasteiger partial charge in [0, 0.05) is 24.4 Å². The molecule has 0 bridgehead atoms. The van der Waals surface area contributed by atoms with Crippen molar-refractivity contribution in [1.82, 2.24) is 10.6 Å². The van der Waals surface area contributed by atoms with Gasteiger partial charge in [0.1, 0.15) is 0 Å². The Balaban J connectivity index is 1.44. The molecule has 2 aliphatic heterocycles. The van der Waals surface area contributed by atoms with Gasteiger partial charge in [-0.25, -0.2) is 4.79 Å². The zero-order chi connectivity index (χ0) is 15.3. The van der Waals surface area contributed by atoms with Gasteiger partial charge in [-0.05, 0) is 37.9 Å². The van der Waals surface area contributed by atoms with Crippen molar-refractivity contribution in [3.8, 4) is 0 Å². The van der Waals surface area contributed by atoms with Crippen LogP contribution in [-0.2, 0) is 4.74 Å². The minimum atomic E-state index is 0.0401. The van der Waals surface area contributed by atoms with Gasteiger partial charge in [-0.15, -0.1) is 0 Å². The lowest BCUT2D eigenvalue weighted by Gasteiger charge is -2.38. The molecule has 3 aliphatic rings. The van der Waals surface area contributed by atoms with Gasteiger partial charge in [0.2, 0.25) is 0 Å². The van der Waals surface area contributed by atoms with Crippen LogP contribution in [0.3, 0.4) is 0 Å². The first-order chi connectivity index (χ1) is 10.8. The lowest BCUT2D eigenvalue weighted by molar-refractivity contribution is -0.0684. The molecule has 22 heavy (non-hydrogen) atoms. The van der Waals surface area contributed by atoms with Crippen LogP contribution in [0.25, 0.3) is 0 Å². The highest BCUT2D eigenvalue weighted by Gasteiger charge is 2.40. The summed E-state index contributed by atoms with van der Waals surface area (Å²) in [6, 6.07) is 0.690. The second-order valence-electron chi connectivity index (χ2n) is 7.18. The summed E-state index contributed by atoms with van der Waals surface area (Å²) in [7, 11) is 0. The molecule has 1 saturated carbocycles. The lowest BCUT2D eigenvalue weighted by atomic mass is 9.90. The van der Waals surface area contributed by atoms with Crippen molar-refractivity contribution in [3.63, 3.8) is 0 Å². The van der Waals surface area contributed by atoms with E-state index < -0.39 is 0 Å². The zero-order valence-corrected chi connectivity index (χ0v) is 14.4. The van der Waals surface area contributed by atoms with Crippen molar-refractivity contribution in [2.45, 2.75) is 81.9 Å². The fourth-order valence-electron chi connectivity index (χ4n) is 4.03. The van der Waals surface area contributed by atoms with Crippen LogP contribution in [0, 0.1) is 0 Å². The van der Waals surface area contributed by atoms with Gasteiger partial charge in [-0.1, -0.05) is 32.1 Å². The molecule has 1 aliphatic carbocycles. The molecule has 3 fully saturated rings. The summed E-state index contributed by atoms with van der Waals surface area (Å²) < 4.78 is 6.03. The molecule has 1 spiro atoms. The zero-order valence-electron chi connectivity index (χ0n) is 13.6. The number of thioether (sulfide) groups is 1. The number of hydrogen-bond acceptors (Lipinski definition) is 3. The van der Waals surface area contributed by atoms with Gasteiger partial charge in [-0.3, -0.25) is 0 Å². The first-order valence-electron chi connectivity index (χ1n) is 9.05. The van der Waals surface area contributed by atoms with E-state index in [4.69, 9.17) is 4.74 Å². The number of hydrogen-bond donors (Lipinski definition) is 2. The van der Waals surface area contributed by atoms with Crippen molar-refractivity contribution in [2.24, 2.45) is 0 Å². The number of urea groups is 1. The van der Waals surface area contributed by atoms with E-state index in [1.807, 2.05) is 11.8 Å². The fraction of sp³-hybridized carbons (Fsp3) is 0.941. The van der Waals surface area contributed by atoms with Crippen LogP contribution >= 0.6 is 11.8 Å². The molecule has 0 aromatic carbocycles. The monoisotopic (exact) mass is 326 g/mol. The topological polar surface area (TPSA) is 50.4 Å². The Morgan fingerprint density at radius 2 is 1.73 bits per heavy atom. The number of ether oxygens (including phenoxy) is 1. The molecular weight excluding hydrogens is 296 g/mol. The standard InChI is InChI=1S/C17H30N2O2S/c20-16(18-14-6-4-2-1-3-5-7-14)19-15-8-10-21-17(12-15)9-11-22-13-17/h14-15H,1-13H2,(H2,18,19,20)/t15-,17-/m1/s1. The van der Waals surface area contributed by atoms with E-state index in [0.717, 1.165) is 44.5 Å². The third-order valence-corrected chi connectivity index (χ3v) is 6.56. The minimum absolute atomic E-state index is 0.0401. The average molecular weight is 327 g/mol. The highest BCUT2D eigenvalue weighted by Crippen LogP contribution is 2.38. The van der Waals surface area contributed by atoms with Crippen molar-refractivity contribution in [3.05, 3.63) is 0 Å². The van der Waals surface area contributed by atoms with Gasteiger partial charge >= 0.3 is 6.03 Å². The normalized spacial score (nSPS) is 34.1. The Labute approximate surface area is 138 Å². The molecule has 2 heterocycles. The minimum Gasteiger partial charge on any atom is -0.374 e. The lowest BCUT2D eigenvalue weighted by Crippen LogP contribution is -2.52. The molecule has 2 saturated heterocycles. The fourth-order valence-corrected chi connectivity index (χ4v) is 5.41. The van der Waals surface area contributed by atoms with Crippen molar-refractivity contribution < 1.29 is 9.53 Å². The van der Waals surface area contributed by atoms with E-state index in [1.54, 1.807) is 0 Å². The SMILES string of the molecule is O=C(NC1CCCCCCC1)N[C@@H]1CCO[C@]2(CCSC2)C1. The first-order valence-corrected chi connectivity index (χ1v) is 10.2. The van der Waals surface area contributed by atoms with E-state index in [2.05, 4.69) is 10.6 Å². The van der Waals surface area contributed by atoms with Gasteiger partial charge in [0.25, 0.3) is 0 Å². The van der Waals surface area contributed by atoms with E-state index in [9.17, 15) is 4.79 Å². The second-order valence-corrected chi connectivity index (χ2v) is 8.29. The summed E-state index contributed by atoms with van der Waals surface area (Å²) in [5.74, 6) is 2.29. The molecule has 0 aromatic rings. The number of nitrogens with one attached hydrogen (secondary N) is 2. The van der Waals surface area contributed by atoms with Crippen LogP contribution in [0.1, 0.15) is 64.2 Å². The predicted molar refractivity (Wildman–Crippen MR) is 91.4 cm³/mol. The smallest absolute Gasteiger partial charge is 0.315 e. The quantitative estimate of drug-likeness (QED) is 0.817. The van der Waals surface area contributed by atoms with Crippen LogP contribution in [-0.4, -0.2) is 41.8 Å². The molecule has 4 nitrogen and oxygen atoms in total. The molecule has 2 N–H and O–H groups in total. The Morgan fingerprint density at radius 1 is 1.00 bits per heavy atom. The Hall–Kier alpha value is -0.420. The third-order valence-electron chi connectivity index (χ3n) is 5.34. The number of rotatable bonds is 2. The Kier molecular flexibility index (Phi) is 5.91. The number of carbonyl (C=O) groups excluding carboxylic acids is 1. The van der Waals surface area contributed by atoms with Crippen LogP contribution in [0.5, 0.6) is 0 Å². The van der Waals surface area contributed by atoms with Crippen LogP contribution in [0.2, 0.25) is 0 Å². The summed E-state index contributed by atoms with van der Waals surface area (Å²) in [5.41, 5.74) is 0.0428. The molecule has 3 rings (SSSR count). The molecule has 0 aromatic heterocycles. The Morgan fingerprint density at radius 3 is 2.45 bits per heavy atom. The maximum absolute atomic E-state index is 12.3. The van der Waals surface area contributed by atoms with Crippen molar-refractivity contribution in [2.75, 3.05) is 18.1 Å². The van der Waals surface area contributed by atoms with E-state index >= 15 is 0 Å². The molecule has 126 valence electrons. The summed E-state index contributed by atoms with van der Waals surface area (Å²) >= 11 is 1.98. The summed E-state index contributed by atoms with van der Waals surface area (Å²) in [6.07, 6.45) is 11.9. The average Bonchev–Trinajstić information content (AvgIpc) is 2.89. The van der Waals surface area contributed by atoms with Crippen LogP contribution < -0.4 is 10.6 Å². The summed E-state index contributed by atoms with van der Waals surface area (Å²) in [4.78, 5) is 12.3. The third kappa shape index (κ3) is 4.54. The molecule has 0 unspecified atom stereocenters. The Bertz CT molecular complexity index is 364. The van der Waals surface area contributed by atoms with Gasteiger partial charge < -0.3 is 15.4 Å². The molecule has 2 atom stereocenters. The molecule has 5 heteroatoms. The van der Waals surface area contributed by atoms with Crippen molar-refractivity contribution >= 4 is 17.8 Å². The number of amides is 2. The number of carbonyl (C=O) groups is 1. The molecule has 2 amide bonds. The van der Waals surface area contributed by atoms with E-state index in [-0.39, 0.29) is 17.7 Å². The second kappa shape index (κ2) is 7.91. The van der Waals surface area contributed by atoms with Gasteiger partial charge in [0.05, 0.1) is 5.60 Å². The van der Waals surface area contributed by atoms with Crippen LogP contribution in [0.15, 0.2) is 0 Å². The summed E-state index contributed by atoms with van der Waals surface area (Å²) in [6.45, 7) is 0.787.